The second kappa shape index (κ2) is 9.40. The molecule has 0 fully saturated rings. The number of anilines is 1. The number of thioether (sulfide) groups is 1. The molecule has 2 N–H and O–H groups in total. The smallest absolute Gasteiger partial charge is 0.260 e. The number of furan rings is 1. The average molecular weight is 456 g/mol. The molecule has 1 atom stereocenters. The molecule has 160 valence electrons. The number of thiophene rings is 1. The number of nitrogens with zero attached hydrogens (tertiary/aromatic N) is 1. The quantitative estimate of drug-likeness (QED) is 0.385. The monoisotopic (exact) mass is 455 g/mol. The highest BCUT2D eigenvalue weighted by molar-refractivity contribution is 8.00. The fourth-order valence-electron chi connectivity index (χ4n) is 3.09. The van der Waals surface area contributed by atoms with Gasteiger partial charge in [0.15, 0.2) is 0 Å². The van der Waals surface area contributed by atoms with Crippen LogP contribution < -0.4 is 15.6 Å². The van der Waals surface area contributed by atoms with Crippen molar-refractivity contribution in [2.75, 3.05) is 17.7 Å². The molecule has 1 amide bonds. The van der Waals surface area contributed by atoms with Gasteiger partial charge in [-0.1, -0.05) is 12.1 Å². The Labute approximate surface area is 186 Å². The zero-order chi connectivity index (χ0) is 21.8. The van der Waals surface area contributed by atoms with Crippen molar-refractivity contribution in [2.24, 2.45) is 0 Å². The van der Waals surface area contributed by atoms with Gasteiger partial charge < -0.3 is 19.5 Å². The van der Waals surface area contributed by atoms with Crippen molar-refractivity contribution in [2.45, 2.75) is 19.1 Å². The first-order chi connectivity index (χ1) is 15.1. The lowest BCUT2D eigenvalue weighted by Gasteiger charge is -2.13. The summed E-state index contributed by atoms with van der Waals surface area (Å²) in [6.45, 7) is 4.33. The predicted octanol–water partition coefficient (Wildman–Crippen LogP) is 5.08. The highest BCUT2D eigenvalue weighted by Gasteiger charge is 2.18. The number of ether oxygens (including phenoxy) is 1. The Morgan fingerprint density at radius 2 is 2.16 bits per heavy atom. The van der Waals surface area contributed by atoms with E-state index in [1.54, 1.807) is 18.4 Å². The largest absolute Gasteiger partial charge is 0.492 e. The maximum atomic E-state index is 12.7. The molecule has 0 bridgehead atoms. The summed E-state index contributed by atoms with van der Waals surface area (Å²) in [5.74, 6) is 1.88. The van der Waals surface area contributed by atoms with E-state index >= 15 is 0 Å². The summed E-state index contributed by atoms with van der Waals surface area (Å²) < 4.78 is 11.0. The van der Waals surface area contributed by atoms with E-state index in [-0.39, 0.29) is 22.5 Å². The number of benzene rings is 1. The lowest BCUT2D eigenvalue weighted by molar-refractivity contribution is -0.113. The lowest BCUT2D eigenvalue weighted by Crippen LogP contribution is -2.17. The van der Waals surface area contributed by atoms with Crippen LogP contribution in [-0.2, 0) is 4.79 Å². The molecule has 0 radical (unpaired) electrons. The Hall–Kier alpha value is -3.04. The summed E-state index contributed by atoms with van der Waals surface area (Å²) in [6.07, 6.45) is 1.57. The number of fused-ring (bicyclic) bond motifs is 1. The third-order valence-electron chi connectivity index (χ3n) is 4.56. The van der Waals surface area contributed by atoms with Crippen molar-refractivity contribution in [1.82, 2.24) is 9.97 Å². The molecule has 0 saturated carbocycles. The molecule has 31 heavy (non-hydrogen) atoms. The van der Waals surface area contributed by atoms with Crippen LogP contribution in [0.4, 0.5) is 5.69 Å². The molecule has 0 spiro atoms. The molecule has 4 rings (SSSR count). The van der Waals surface area contributed by atoms with Crippen molar-refractivity contribution >= 4 is 44.9 Å². The van der Waals surface area contributed by atoms with Gasteiger partial charge >= 0.3 is 0 Å². The number of hydrogen-bond acceptors (Lipinski definition) is 7. The number of hydrogen-bond donors (Lipinski definition) is 2. The van der Waals surface area contributed by atoms with Gasteiger partial charge in [-0.15, -0.1) is 23.1 Å². The highest BCUT2D eigenvalue weighted by atomic mass is 32.2. The van der Waals surface area contributed by atoms with Crippen molar-refractivity contribution < 1.29 is 13.9 Å². The Morgan fingerprint density at radius 3 is 2.94 bits per heavy atom. The van der Waals surface area contributed by atoms with Crippen molar-refractivity contribution in [1.29, 1.82) is 0 Å². The minimum Gasteiger partial charge on any atom is -0.492 e. The predicted molar refractivity (Wildman–Crippen MR) is 125 cm³/mol. The molecule has 0 aliphatic carbocycles. The number of nitrogens with one attached hydrogen (secondary N) is 2. The van der Waals surface area contributed by atoms with Gasteiger partial charge in [0, 0.05) is 10.9 Å². The Bertz CT molecular complexity index is 1250. The molecule has 4 aromatic rings. The van der Waals surface area contributed by atoms with E-state index in [1.165, 1.54) is 23.1 Å². The van der Waals surface area contributed by atoms with Crippen LogP contribution in [0.25, 0.3) is 21.5 Å². The zero-order valence-corrected chi connectivity index (χ0v) is 18.6. The van der Waals surface area contributed by atoms with Gasteiger partial charge in [0.1, 0.15) is 22.2 Å². The van der Waals surface area contributed by atoms with Gasteiger partial charge in [0.2, 0.25) is 5.91 Å². The summed E-state index contributed by atoms with van der Waals surface area (Å²) in [5.41, 5.74) is 1.16. The number of aromatic amines is 1. The maximum absolute atomic E-state index is 12.7. The third-order valence-corrected chi connectivity index (χ3v) is 6.58. The third kappa shape index (κ3) is 4.67. The molecule has 0 saturated heterocycles. The first-order valence-corrected chi connectivity index (χ1v) is 11.7. The molecule has 0 aliphatic rings. The number of carbonyl (C=O) groups is 1. The minimum atomic E-state index is -0.213. The molecular weight excluding hydrogens is 434 g/mol. The molecule has 9 heteroatoms. The second-order valence-corrected chi connectivity index (χ2v) is 8.88. The molecule has 1 unspecified atom stereocenters. The van der Waals surface area contributed by atoms with E-state index in [0.29, 0.717) is 39.8 Å². The normalized spacial score (nSPS) is 12.1. The van der Waals surface area contributed by atoms with E-state index in [9.17, 15) is 9.59 Å². The van der Waals surface area contributed by atoms with Gasteiger partial charge in [0.05, 0.1) is 34.9 Å². The van der Waals surface area contributed by atoms with Crippen LogP contribution >= 0.6 is 23.1 Å². The SMILES string of the molecule is CCOc1ccccc1NC(=O)CSC(C)c1nc2scc(-c3ccco3)c2c(=O)[nH]1. The van der Waals surface area contributed by atoms with Crippen LogP contribution in [0.3, 0.4) is 0 Å². The average Bonchev–Trinajstić information content (AvgIpc) is 3.43. The van der Waals surface area contributed by atoms with Crippen LogP contribution in [0, 0.1) is 0 Å². The summed E-state index contributed by atoms with van der Waals surface area (Å²) in [4.78, 5) is 33.3. The van der Waals surface area contributed by atoms with E-state index in [1.807, 2.05) is 43.5 Å². The fraction of sp³-hybridized carbons (Fsp3) is 0.227. The van der Waals surface area contributed by atoms with E-state index < -0.39 is 0 Å². The van der Waals surface area contributed by atoms with Crippen molar-refractivity contribution in [3.63, 3.8) is 0 Å². The molecular formula is C22H21N3O4S2. The molecule has 0 aliphatic heterocycles. The van der Waals surface area contributed by atoms with Crippen LogP contribution in [0.2, 0.25) is 0 Å². The molecule has 7 nitrogen and oxygen atoms in total. The van der Waals surface area contributed by atoms with Gasteiger partial charge in [0.25, 0.3) is 5.56 Å². The molecule has 3 heterocycles. The lowest BCUT2D eigenvalue weighted by atomic mass is 10.2. The first-order valence-electron chi connectivity index (χ1n) is 9.75. The fourth-order valence-corrected chi connectivity index (χ4v) is 4.77. The number of para-hydroxylation sites is 2. The Morgan fingerprint density at radius 1 is 1.32 bits per heavy atom. The van der Waals surface area contributed by atoms with Gasteiger partial charge in [-0.05, 0) is 38.1 Å². The first kappa shape index (κ1) is 21.2. The van der Waals surface area contributed by atoms with E-state index in [0.717, 1.165) is 5.56 Å². The standard InChI is InChI=1S/C22H21N3O4S2/c1-3-28-17-8-5-4-7-15(17)23-18(26)12-30-13(2)20-24-21(27)19-14(11-31-22(19)25-20)16-9-6-10-29-16/h4-11,13H,3,12H2,1-2H3,(H,23,26)(H,24,25,27). The number of rotatable bonds is 8. The zero-order valence-electron chi connectivity index (χ0n) is 17.0. The van der Waals surface area contributed by atoms with E-state index in [2.05, 4.69) is 15.3 Å². The number of carbonyl (C=O) groups excluding carboxylic acids is 1. The minimum absolute atomic E-state index is 0.149. The number of H-pyrrole nitrogens is 1. The number of aromatic nitrogens is 2. The van der Waals surface area contributed by atoms with E-state index in [4.69, 9.17) is 9.15 Å². The Balaban J connectivity index is 1.45. The van der Waals surface area contributed by atoms with Crippen LogP contribution in [-0.4, -0.2) is 28.2 Å². The number of amides is 1. The van der Waals surface area contributed by atoms with Crippen molar-refractivity contribution in [3.8, 4) is 17.1 Å². The summed E-state index contributed by atoms with van der Waals surface area (Å²) in [7, 11) is 0. The van der Waals surface area contributed by atoms with Crippen LogP contribution in [0.15, 0.2) is 57.3 Å². The van der Waals surface area contributed by atoms with Gasteiger partial charge in [-0.25, -0.2) is 4.98 Å². The highest BCUT2D eigenvalue weighted by Crippen LogP contribution is 2.33. The maximum Gasteiger partial charge on any atom is 0.260 e. The topological polar surface area (TPSA) is 97.2 Å². The molecule has 3 aromatic heterocycles. The summed E-state index contributed by atoms with van der Waals surface area (Å²) >= 11 is 2.80. The van der Waals surface area contributed by atoms with Gasteiger partial charge in [-0.3, -0.25) is 9.59 Å². The Kier molecular flexibility index (Phi) is 6.43. The molecule has 1 aromatic carbocycles. The van der Waals surface area contributed by atoms with Crippen LogP contribution in [0.5, 0.6) is 5.75 Å². The summed E-state index contributed by atoms with van der Waals surface area (Å²) in [6, 6.07) is 10.9. The second-order valence-electron chi connectivity index (χ2n) is 6.69. The van der Waals surface area contributed by atoms with Gasteiger partial charge in [-0.2, -0.15) is 0 Å². The van der Waals surface area contributed by atoms with Crippen molar-refractivity contribution in [3.05, 3.63) is 64.2 Å². The van der Waals surface area contributed by atoms with Crippen LogP contribution in [0.1, 0.15) is 24.9 Å². The summed E-state index contributed by atoms with van der Waals surface area (Å²) in [5, 5.41) is 5.10.